The predicted octanol–water partition coefficient (Wildman–Crippen LogP) is 5.58. The first kappa shape index (κ1) is 20.9. The Hall–Kier alpha value is -1.84. The van der Waals surface area contributed by atoms with Gasteiger partial charge in [-0.1, -0.05) is 30.1 Å². The van der Waals surface area contributed by atoms with Crippen molar-refractivity contribution in [2.45, 2.75) is 83.5 Å². The summed E-state index contributed by atoms with van der Waals surface area (Å²) in [6, 6.07) is 0. The van der Waals surface area contributed by atoms with Gasteiger partial charge in [0.2, 0.25) is 0 Å². The van der Waals surface area contributed by atoms with Gasteiger partial charge < -0.3 is 9.47 Å². The minimum atomic E-state index is -0.235. The SMILES string of the molecule is O=C(OCC=C1CCCCC1)C1=CCC(C(=O)OCC=C2CCCCC2)CC1. The minimum absolute atomic E-state index is 0.134. The molecular formula is C24H34O4. The number of hydrogen-bond donors (Lipinski definition) is 0. The van der Waals surface area contributed by atoms with Crippen molar-refractivity contribution in [2.24, 2.45) is 5.92 Å². The van der Waals surface area contributed by atoms with Crippen LogP contribution >= 0.6 is 0 Å². The Morgan fingerprint density at radius 2 is 1.39 bits per heavy atom. The molecule has 0 aliphatic heterocycles. The molecule has 0 amide bonds. The van der Waals surface area contributed by atoms with E-state index in [1.54, 1.807) is 0 Å². The third kappa shape index (κ3) is 6.65. The van der Waals surface area contributed by atoms with Crippen molar-refractivity contribution in [3.05, 3.63) is 34.9 Å². The lowest BCUT2D eigenvalue weighted by atomic mass is 9.89. The molecule has 1 atom stereocenters. The average Bonchev–Trinajstić information content (AvgIpc) is 2.75. The van der Waals surface area contributed by atoms with E-state index in [0.29, 0.717) is 38.0 Å². The van der Waals surface area contributed by atoms with Gasteiger partial charge in [0.05, 0.1) is 5.92 Å². The standard InChI is InChI=1S/C24H34O4/c25-23(27-17-15-19-7-3-1-4-8-19)21-11-13-22(14-12-21)24(26)28-18-16-20-9-5-2-6-10-20/h11,15-16,22H,1-10,12-14,17-18H2. The third-order valence-electron chi connectivity index (χ3n) is 6.18. The maximum Gasteiger partial charge on any atom is 0.333 e. The van der Waals surface area contributed by atoms with E-state index >= 15 is 0 Å². The van der Waals surface area contributed by atoms with E-state index in [1.807, 2.05) is 6.08 Å². The Morgan fingerprint density at radius 1 is 0.821 bits per heavy atom. The van der Waals surface area contributed by atoms with E-state index in [-0.39, 0.29) is 17.9 Å². The molecule has 0 aromatic carbocycles. The molecule has 3 aliphatic rings. The van der Waals surface area contributed by atoms with E-state index in [1.165, 1.54) is 49.7 Å². The molecule has 154 valence electrons. The summed E-state index contributed by atoms with van der Waals surface area (Å²) < 4.78 is 10.8. The fourth-order valence-corrected chi connectivity index (χ4v) is 4.34. The van der Waals surface area contributed by atoms with Crippen molar-refractivity contribution >= 4 is 11.9 Å². The van der Waals surface area contributed by atoms with Crippen LogP contribution in [0.1, 0.15) is 83.5 Å². The zero-order valence-electron chi connectivity index (χ0n) is 17.0. The van der Waals surface area contributed by atoms with E-state index in [0.717, 1.165) is 25.7 Å². The van der Waals surface area contributed by atoms with Crippen LogP contribution in [0.15, 0.2) is 34.9 Å². The highest BCUT2D eigenvalue weighted by molar-refractivity contribution is 5.89. The molecule has 28 heavy (non-hydrogen) atoms. The minimum Gasteiger partial charge on any atom is -0.461 e. The number of allylic oxidation sites excluding steroid dienone is 3. The number of hydrogen-bond acceptors (Lipinski definition) is 4. The summed E-state index contributed by atoms with van der Waals surface area (Å²) in [6.07, 6.45) is 20.0. The van der Waals surface area contributed by atoms with Gasteiger partial charge in [-0.25, -0.2) is 4.79 Å². The largest absolute Gasteiger partial charge is 0.461 e. The zero-order chi connectivity index (χ0) is 19.6. The smallest absolute Gasteiger partial charge is 0.333 e. The number of carbonyl (C=O) groups excluding carboxylic acids is 2. The molecule has 0 aromatic rings. The molecule has 0 spiro atoms. The summed E-state index contributed by atoms with van der Waals surface area (Å²) in [5, 5.41) is 0. The van der Waals surface area contributed by atoms with Crippen LogP contribution in [-0.4, -0.2) is 25.2 Å². The van der Waals surface area contributed by atoms with E-state index in [9.17, 15) is 9.59 Å². The van der Waals surface area contributed by atoms with E-state index < -0.39 is 0 Å². The molecule has 0 N–H and O–H groups in total. The fraction of sp³-hybridized carbons (Fsp3) is 0.667. The molecule has 3 rings (SSSR count). The van der Waals surface area contributed by atoms with E-state index in [2.05, 4.69) is 12.2 Å². The molecule has 3 aliphatic carbocycles. The maximum atomic E-state index is 12.3. The van der Waals surface area contributed by atoms with Gasteiger partial charge in [0.15, 0.2) is 0 Å². The number of rotatable bonds is 6. The number of carbonyl (C=O) groups is 2. The van der Waals surface area contributed by atoms with Crippen molar-refractivity contribution in [2.75, 3.05) is 13.2 Å². The first-order valence-corrected chi connectivity index (χ1v) is 11.1. The van der Waals surface area contributed by atoms with Crippen molar-refractivity contribution in [1.29, 1.82) is 0 Å². The van der Waals surface area contributed by atoms with Crippen LogP contribution in [-0.2, 0) is 19.1 Å². The summed E-state index contributed by atoms with van der Waals surface area (Å²) in [4.78, 5) is 24.5. The van der Waals surface area contributed by atoms with Crippen molar-refractivity contribution in [3.63, 3.8) is 0 Å². The molecule has 0 aromatic heterocycles. The maximum absolute atomic E-state index is 12.3. The second kappa shape index (κ2) is 11.2. The van der Waals surface area contributed by atoms with Crippen LogP contribution in [0.5, 0.6) is 0 Å². The molecule has 2 fully saturated rings. The van der Waals surface area contributed by atoms with E-state index in [4.69, 9.17) is 9.47 Å². The summed E-state index contributed by atoms with van der Waals surface area (Å²) >= 11 is 0. The Morgan fingerprint density at radius 3 is 1.93 bits per heavy atom. The molecule has 4 heteroatoms. The normalized spacial score (nSPS) is 22.9. The van der Waals surface area contributed by atoms with Gasteiger partial charge in [-0.3, -0.25) is 4.79 Å². The van der Waals surface area contributed by atoms with Crippen LogP contribution < -0.4 is 0 Å². The van der Waals surface area contributed by atoms with Crippen LogP contribution in [0.3, 0.4) is 0 Å². The summed E-state index contributed by atoms with van der Waals surface area (Å²) in [5.74, 6) is -0.509. The Bertz CT molecular complexity index is 625. The summed E-state index contributed by atoms with van der Waals surface area (Å²) in [7, 11) is 0. The summed E-state index contributed by atoms with van der Waals surface area (Å²) in [6.45, 7) is 0.754. The van der Waals surface area contributed by atoms with Crippen molar-refractivity contribution in [1.82, 2.24) is 0 Å². The van der Waals surface area contributed by atoms with Gasteiger partial charge in [-0.15, -0.1) is 0 Å². The van der Waals surface area contributed by atoms with Crippen LogP contribution in [0.25, 0.3) is 0 Å². The highest BCUT2D eigenvalue weighted by Gasteiger charge is 2.25. The Labute approximate surface area is 169 Å². The van der Waals surface area contributed by atoms with Gasteiger partial charge in [0.1, 0.15) is 13.2 Å². The Kier molecular flexibility index (Phi) is 8.38. The van der Waals surface area contributed by atoms with Crippen LogP contribution in [0.2, 0.25) is 0 Å². The van der Waals surface area contributed by atoms with Gasteiger partial charge in [-0.05, 0) is 82.8 Å². The molecule has 0 saturated heterocycles. The van der Waals surface area contributed by atoms with Gasteiger partial charge >= 0.3 is 11.9 Å². The molecule has 0 heterocycles. The van der Waals surface area contributed by atoms with Gasteiger partial charge in [-0.2, -0.15) is 0 Å². The van der Waals surface area contributed by atoms with Crippen molar-refractivity contribution < 1.29 is 19.1 Å². The molecular weight excluding hydrogens is 352 g/mol. The third-order valence-corrected chi connectivity index (χ3v) is 6.18. The van der Waals surface area contributed by atoms with Crippen LogP contribution in [0.4, 0.5) is 0 Å². The lowest BCUT2D eigenvalue weighted by Gasteiger charge is -2.20. The van der Waals surface area contributed by atoms with Crippen molar-refractivity contribution in [3.8, 4) is 0 Å². The average molecular weight is 387 g/mol. The zero-order valence-corrected chi connectivity index (χ0v) is 17.0. The number of esters is 2. The monoisotopic (exact) mass is 386 g/mol. The number of ether oxygens (including phenoxy) is 2. The first-order chi connectivity index (χ1) is 13.7. The molecule has 2 saturated carbocycles. The van der Waals surface area contributed by atoms with Crippen LogP contribution in [0, 0.1) is 5.92 Å². The first-order valence-electron chi connectivity index (χ1n) is 11.1. The fourth-order valence-electron chi connectivity index (χ4n) is 4.34. The molecule has 1 unspecified atom stereocenters. The Balaban J connectivity index is 1.36. The lowest BCUT2D eigenvalue weighted by molar-refractivity contribution is -0.148. The van der Waals surface area contributed by atoms with Gasteiger partial charge in [0.25, 0.3) is 0 Å². The lowest BCUT2D eigenvalue weighted by Crippen LogP contribution is -2.22. The second-order valence-corrected chi connectivity index (χ2v) is 8.28. The molecule has 4 nitrogen and oxygen atoms in total. The topological polar surface area (TPSA) is 52.6 Å². The second-order valence-electron chi connectivity index (χ2n) is 8.28. The highest BCUT2D eigenvalue weighted by atomic mass is 16.5. The predicted molar refractivity (Wildman–Crippen MR) is 110 cm³/mol. The quantitative estimate of drug-likeness (QED) is 0.442. The summed E-state index contributed by atoms with van der Waals surface area (Å²) in [5.41, 5.74) is 3.55. The molecule has 0 bridgehead atoms. The highest BCUT2D eigenvalue weighted by Crippen LogP contribution is 2.27. The van der Waals surface area contributed by atoms with Gasteiger partial charge in [0, 0.05) is 5.57 Å². The molecule has 0 radical (unpaired) electrons.